The van der Waals surface area contributed by atoms with Gasteiger partial charge in [-0.2, -0.15) is 0 Å². The van der Waals surface area contributed by atoms with Crippen molar-refractivity contribution in [2.75, 3.05) is 11.9 Å². The number of esters is 1. The predicted molar refractivity (Wildman–Crippen MR) is 116 cm³/mol. The van der Waals surface area contributed by atoms with Crippen molar-refractivity contribution in [2.45, 2.75) is 46.6 Å². The number of carbonyl (C=O) groups is 3. The van der Waals surface area contributed by atoms with Crippen molar-refractivity contribution in [1.29, 1.82) is 0 Å². The topological polar surface area (TPSA) is 77.4 Å². The van der Waals surface area contributed by atoms with Gasteiger partial charge < -0.3 is 14.6 Å². The normalized spacial score (nSPS) is 13.6. The Morgan fingerprint density at radius 2 is 1.83 bits per heavy atom. The molecular formula is C24H28N2O4. The Balaban J connectivity index is 1.52. The number of nitrogens with one attached hydrogen (secondary N) is 1. The SMILES string of the molecule is Cc1cc(/C=C/C(=O)OCC(=O)c2ccc(NC(=O)C(C)C)cc2)c(C)n1C1CC1. The Labute approximate surface area is 176 Å². The minimum Gasteiger partial charge on any atom is -0.454 e. The molecule has 6 nitrogen and oxygen atoms in total. The van der Waals surface area contributed by atoms with Gasteiger partial charge in [-0.25, -0.2) is 4.79 Å². The highest BCUT2D eigenvalue weighted by atomic mass is 16.5. The highest BCUT2D eigenvalue weighted by Gasteiger charge is 2.26. The van der Waals surface area contributed by atoms with E-state index < -0.39 is 5.97 Å². The van der Waals surface area contributed by atoms with Gasteiger partial charge in [-0.15, -0.1) is 0 Å². The molecule has 1 saturated carbocycles. The minimum atomic E-state index is -0.555. The van der Waals surface area contributed by atoms with Crippen LogP contribution in [0.15, 0.2) is 36.4 Å². The van der Waals surface area contributed by atoms with Crippen LogP contribution in [0.1, 0.15) is 60.0 Å². The largest absolute Gasteiger partial charge is 0.454 e. The minimum absolute atomic E-state index is 0.0901. The summed E-state index contributed by atoms with van der Waals surface area (Å²) in [5, 5.41) is 2.76. The molecule has 1 amide bonds. The average molecular weight is 408 g/mol. The van der Waals surface area contributed by atoms with Crippen molar-refractivity contribution in [1.82, 2.24) is 4.57 Å². The number of aromatic nitrogens is 1. The second kappa shape index (κ2) is 9.11. The third-order valence-electron chi connectivity index (χ3n) is 5.18. The number of nitrogens with zero attached hydrogens (tertiary/aromatic N) is 1. The molecule has 3 rings (SSSR count). The van der Waals surface area contributed by atoms with E-state index in [1.165, 1.54) is 24.6 Å². The molecule has 0 unspecified atom stereocenters. The Morgan fingerprint density at radius 3 is 2.43 bits per heavy atom. The first-order chi connectivity index (χ1) is 14.3. The Hall–Kier alpha value is -3.15. The highest BCUT2D eigenvalue weighted by Crippen LogP contribution is 2.38. The second-order valence-electron chi connectivity index (χ2n) is 8.01. The number of carbonyl (C=O) groups excluding carboxylic acids is 3. The average Bonchev–Trinajstić information content (AvgIpc) is 3.50. The maximum Gasteiger partial charge on any atom is 0.331 e. The van der Waals surface area contributed by atoms with E-state index in [2.05, 4.69) is 22.9 Å². The van der Waals surface area contributed by atoms with Gasteiger partial charge in [-0.3, -0.25) is 9.59 Å². The number of ketones is 1. The van der Waals surface area contributed by atoms with Gasteiger partial charge in [0.25, 0.3) is 0 Å². The second-order valence-corrected chi connectivity index (χ2v) is 8.01. The summed E-state index contributed by atoms with van der Waals surface area (Å²) in [6.07, 6.45) is 5.50. The summed E-state index contributed by atoms with van der Waals surface area (Å²) >= 11 is 0. The predicted octanol–water partition coefficient (Wildman–Crippen LogP) is 4.47. The number of hydrogen-bond donors (Lipinski definition) is 1. The standard InChI is InChI=1S/C24H28N2O4/c1-15(2)24(29)25-20-8-5-18(6-9-20)22(27)14-30-23(28)12-7-19-13-16(3)26(17(19)4)21-10-11-21/h5-9,12-13,15,21H,10-11,14H2,1-4H3,(H,25,29)/b12-7+. The van der Waals surface area contributed by atoms with Gasteiger partial charge in [0, 0.05) is 40.7 Å². The van der Waals surface area contributed by atoms with Crippen molar-refractivity contribution in [3.05, 3.63) is 58.9 Å². The number of anilines is 1. The van der Waals surface area contributed by atoms with Gasteiger partial charge in [0.05, 0.1) is 0 Å². The molecule has 0 bridgehead atoms. The number of ether oxygens (including phenoxy) is 1. The molecule has 6 heteroatoms. The highest BCUT2D eigenvalue weighted by molar-refractivity contribution is 5.99. The molecule has 0 radical (unpaired) electrons. The fraction of sp³-hybridized carbons (Fsp3) is 0.375. The van der Waals surface area contributed by atoms with E-state index in [0.29, 0.717) is 17.3 Å². The number of amides is 1. The van der Waals surface area contributed by atoms with E-state index in [9.17, 15) is 14.4 Å². The summed E-state index contributed by atoms with van der Waals surface area (Å²) in [5.74, 6) is -1.07. The van der Waals surface area contributed by atoms with Crippen LogP contribution in [0.3, 0.4) is 0 Å². The molecule has 1 aromatic heterocycles. The Kier molecular flexibility index (Phi) is 6.55. The summed E-state index contributed by atoms with van der Waals surface area (Å²) in [4.78, 5) is 36.0. The fourth-order valence-electron chi connectivity index (χ4n) is 3.32. The van der Waals surface area contributed by atoms with Crippen LogP contribution in [-0.2, 0) is 14.3 Å². The molecule has 1 fully saturated rings. The van der Waals surface area contributed by atoms with Crippen LogP contribution in [0, 0.1) is 19.8 Å². The first kappa shape index (κ1) is 21.6. The summed E-state index contributed by atoms with van der Waals surface area (Å²) in [5.41, 5.74) is 4.35. The van der Waals surface area contributed by atoms with E-state index in [1.807, 2.05) is 6.92 Å². The molecular weight excluding hydrogens is 380 g/mol. The molecule has 0 spiro atoms. The summed E-state index contributed by atoms with van der Waals surface area (Å²) in [6.45, 7) is 7.40. The maximum absolute atomic E-state index is 12.3. The number of aryl methyl sites for hydroxylation is 1. The first-order valence-electron chi connectivity index (χ1n) is 10.2. The Morgan fingerprint density at radius 1 is 1.17 bits per heavy atom. The summed E-state index contributed by atoms with van der Waals surface area (Å²) in [6, 6.07) is 9.17. The van der Waals surface area contributed by atoms with Crippen LogP contribution < -0.4 is 5.32 Å². The molecule has 1 N–H and O–H groups in total. The van der Waals surface area contributed by atoms with Gasteiger partial charge in [0.15, 0.2) is 12.4 Å². The van der Waals surface area contributed by atoms with Crippen molar-refractivity contribution < 1.29 is 19.1 Å². The van der Waals surface area contributed by atoms with Crippen molar-refractivity contribution >= 4 is 29.4 Å². The lowest BCUT2D eigenvalue weighted by atomic mass is 10.1. The smallest absolute Gasteiger partial charge is 0.331 e. The third-order valence-corrected chi connectivity index (χ3v) is 5.18. The lowest BCUT2D eigenvalue weighted by molar-refractivity contribution is -0.136. The quantitative estimate of drug-likeness (QED) is 0.397. The van der Waals surface area contributed by atoms with Crippen LogP contribution >= 0.6 is 0 Å². The third kappa shape index (κ3) is 5.26. The molecule has 0 atom stereocenters. The molecule has 158 valence electrons. The van der Waals surface area contributed by atoms with Gasteiger partial charge in [-0.05, 0) is 68.7 Å². The van der Waals surface area contributed by atoms with Crippen molar-refractivity contribution in [2.24, 2.45) is 5.92 Å². The van der Waals surface area contributed by atoms with Gasteiger partial charge in [-0.1, -0.05) is 13.8 Å². The van der Waals surface area contributed by atoms with Crippen LogP contribution in [0.5, 0.6) is 0 Å². The zero-order chi connectivity index (χ0) is 21.8. The fourth-order valence-corrected chi connectivity index (χ4v) is 3.32. The van der Waals surface area contributed by atoms with Gasteiger partial charge >= 0.3 is 5.97 Å². The van der Waals surface area contributed by atoms with Crippen LogP contribution in [0.4, 0.5) is 5.69 Å². The number of hydrogen-bond acceptors (Lipinski definition) is 4. The van der Waals surface area contributed by atoms with Crippen LogP contribution in [-0.4, -0.2) is 28.8 Å². The first-order valence-corrected chi connectivity index (χ1v) is 10.2. The molecule has 0 saturated heterocycles. The molecule has 1 aliphatic rings. The van der Waals surface area contributed by atoms with E-state index >= 15 is 0 Å². The number of Topliss-reactive ketones (excluding diaryl/α,β-unsaturated/α-hetero) is 1. The lowest BCUT2D eigenvalue weighted by Gasteiger charge is -2.08. The molecule has 1 aliphatic carbocycles. The molecule has 1 heterocycles. The zero-order valence-corrected chi connectivity index (χ0v) is 17.9. The zero-order valence-electron chi connectivity index (χ0n) is 17.9. The lowest BCUT2D eigenvalue weighted by Crippen LogP contribution is -2.18. The van der Waals surface area contributed by atoms with Crippen molar-refractivity contribution in [3.63, 3.8) is 0 Å². The number of benzene rings is 1. The monoisotopic (exact) mass is 408 g/mol. The van der Waals surface area contributed by atoms with Crippen LogP contribution in [0.2, 0.25) is 0 Å². The Bertz CT molecular complexity index is 979. The molecule has 2 aromatic rings. The van der Waals surface area contributed by atoms with Crippen molar-refractivity contribution in [3.8, 4) is 0 Å². The number of rotatable bonds is 8. The molecule has 30 heavy (non-hydrogen) atoms. The van der Waals surface area contributed by atoms with Gasteiger partial charge in [0.1, 0.15) is 0 Å². The molecule has 0 aliphatic heterocycles. The summed E-state index contributed by atoms with van der Waals surface area (Å²) < 4.78 is 7.40. The van der Waals surface area contributed by atoms with E-state index in [4.69, 9.17) is 4.74 Å². The van der Waals surface area contributed by atoms with Crippen LogP contribution in [0.25, 0.3) is 6.08 Å². The van der Waals surface area contributed by atoms with E-state index in [1.54, 1.807) is 44.2 Å². The molecule has 1 aromatic carbocycles. The van der Waals surface area contributed by atoms with E-state index in [-0.39, 0.29) is 24.2 Å². The summed E-state index contributed by atoms with van der Waals surface area (Å²) in [7, 11) is 0. The van der Waals surface area contributed by atoms with E-state index in [0.717, 1.165) is 11.3 Å². The maximum atomic E-state index is 12.3. The van der Waals surface area contributed by atoms with Gasteiger partial charge in [0.2, 0.25) is 5.91 Å².